The van der Waals surface area contributed by atoms with Crippen LogP contribution in [0.15, 0.2) is 48.5 Å². The van der Waals surface area contributed by atoms with Crippen molar-refractivity contribution in [1.82, 2.24) is 0 Å². The van der Waals surface area contributed by atoms with Gasteiger partial charge in [0, 0.05) is 17.7 Å². The number of methoxy groups -OCH3 is 1. The van der Waals surface area contributed by atoms with Gasteiger partial charge in [-0.3, -0.25) is 0 Å². The summed E-state index contributed by atoms with van der Waals surface area (Å²) in [6.07, 6.45) is 1.38. The molecule has 2 rings (SSSR count). The maximum Gasteiger partial charge on any atom is 0.338 e. The average Bonchev–Trinajstić information content (AvgIpc) is 2.62. The van der Waals surface area contributed by atoms with Gasteiger partial charge in [-0.2, -0.15) is 4.74 Å². The first-order valence-corrected chi connectivity index (χ1v) is 7.32. The Morgan fingerprint density at radius 2 is 1.54 bits per heavy atom. The third kappa shape index (κ3) is 4.19. The van der Waals surface area contributed by atoms with Gasteiger partial charge in [-0.05, 0) is 43.3 Å². The molecule has 0 bridgehead atoms. The molecule has 6 heteroatoms. The Kier molecular flexibility index (Phi) is 5.68. The molecule has 0 heterocycles. The number of esters is 2. The maximum atomic E-state index is 12.1. The van der Waals surface area contributed by atoms with E-state index in [1.807, 2.05) is 0 Å². The zero-order chi connectivity index (χ0) is 17.5. The van der Waals surface area contributed by atoms with Crippen LogP contribution < -0.4 is 0 Å². The summed E-state index contributed by atoms with van der Waals surface area (Å²) in [5.41, 5.74) is 1.80. The highest BCUT2D eigenvalue weighted by molar-refractivity contribution is 5.90. The topological polar surface area (TPSA) is 78.7 Å². The van der Waals surface area contributed by atoms with Crippen molar-refractivity contribution in [1.29, 1.82) is 0 Å². The van der Waals surface area contributed by atoms with Gasteiger partial charge in [0.15, 0.2) is 6.21 Å². The van der Waals surface area contributed by atoms with Crippen LogP contribution in [0.5, 0.6) is 0 Å². The molecule has 0 radical (unpaired) electrons. The van der Waals surface area contributed by atoms with E-state index in [0.717, 1.165) is 0 Å². The second-order valence-electron chi connectivity index (χ2n) is 4.84. The molecule has 0 N–H and O–H groups in total. The van der Waals surface area contributed by atoms with Gasteiger partial charge in [-0.25, -0.2) is 9.59 Å². The predicted octanol–water partition coefficient (Wildman–Crippen LogP) is 2.91. The molecule has 0 saturated heterocycles. The van der Waals surface area contributed by atoms with Crippen molar-refractivity contribution in [3.05, 3.63) is 70.4 Å². The number of carbonyl (C=O) groups is 2. The molecule has 0 unspecified atom stereocenters. The van der Waals surface area contributed by atoms with Crippen molar-refractivity contribution in [2.24, 2.45) is 0 Å². The van der Waals surface area contributed by atoms with Crippen LogP contribution in [0.3, 0.4) is 0 Å². The van der Waals surface area contributed by atoms with Crippen LogP contribution in [-0.4, -0.2) is 36.6 Å². The van der Waals surface area contributed by atoms with Crippen LogP contribution >= 0.6 is 0 Å². The molecule has 0 saturated carbocycles. The third-order valence-electron chi connectivity index (χ3n) is 3.23. The van der Waals surface area contributed by atoms with Gasteiger partial charge in [0.1, 0.15) is 0 Å². The number of hydrogen-bond acceptors (Lipinski definition) is 5. The summed E-state index contributed by atoms with van der Waals surface area (Å²) in [4.78, 5) is 22.9. The smallest absolute Gasteiger partial charge is 0.338 e. The minimum atomic E-state index is -0.461. The highest BCUT2D eigenvalue weighted by atomic mass is 16.5. The lowest BCUT2D eigenvalue weighted by Gasteiger charge is -2.05. The fourth-order valence-corrected chi connectivity index (χ4v) is 1.99. The van der Waals surface area contributed by atoms with Gasteiger partial charge in [-0.1, -0.05) is 0 Å². The van der Waals surface area contributed by atoms with Crippen molar-refractivity contribution in [3.8, 4) is 0 Å². The number of nitrogens with zero attached hydrogens (tertiary/aromatic N) is 1. The van der Waals surface area contributed by atoms with Gasteiger partial charge in [0.25, 0.3) is 0 Å². The van der Waals surface area contributed by atoms with E-state index in [-0.39, 0.29) is 0 Å². The maximum absolute atomic E-state index is 12.1. The lowest BCUT2D eigenvalue weighted by Crippen LogP contribution is -2.05. The average molecular weight is 327 g/mol. The summed E-state index contributed by atoms with van der Waals surface area (Å²) in [5.74, 6) is -0.862. The zero-order valence-corrected chi connectivity index (χ0v) is 13.4. The second kappa shape index (κ2) is 7.92. The Balaban J connectivity index is 2.15. The first-order chi connectivity index (χ1) is 11.5. The summed E-state index contributed by atoms with van der Waals surface area (Å²) in [5, 5.41) is 12.1. The molecule has 2 aromatic rings. The Hall–Kier alpha value is -3.15. The fourth-order valence-electron chi connectivity index (χ4n) is 1.99. The molecule has 0 aliphatic carbocycles. The van der Waals surface area contributed by atoms with Crippen LogP contribution in [-0.2, 0) is 9.47 Å². The second-order valence-corrected chi connectivity index (χ2v) is 4.84. The minimum Gasteiger partial charge on any atom is -0.618 e. The molecular formula is C18H17NO5. The minimum absolute atomic E-state index is 0.308. The first-order valence-electron chi connectivity index (χ1n) is 7.32. The number of benzene rings is 2. The molecule has 0 aliphatic heterocycles. The van der Waals surface area contributed by atoms with Crippen molar-refractivity contribution >= 4 is 23.8 Å². The third-order valence-corrected chi connectivity index (χ3v) is 3.23. The van der Waals surface area contributed by atoms with E-state index >= 15 is 0 Å². The molecule has 0 amide bonds. The highest BCUT2D eigenvalue weighted by Crippen LogP contribution is 2.13. The lowest BCUT2D eigenvalue weighted by atomic mass is 10.1. The van der Waals surface area contributed by atoms with Crippen LogP contribution in [0, 0.1) is 5.21 Å². The molecule has 2 aromatic carbocycles. The van der Waals surface area contributed by atoms with E-state index in [1.54, 1.807) is 31.2 Å². The van der Waals surface area contributed by atoms with E-state index in [2.05, 4.69) is 4.74 Å². The Bertz CT molecular complexity index is 748. The molecule has 0 aromatic heterocycles. The Labute approximate surface area is 139 Å². The first kappa shape index (κ1) is 17.2. The predicted molar refractivity (Wildman–Crippen MR) is 88.6 cm³/mol. The molecule has 124 valence electrons. The molecule has 0 spiro atoms. The summed E-state index contributed by atoms with van der Waals surface area (Å²) in [6, 6.07) is 12.6. The summed E-state index contributed by atoms with van der Waals surface area (Å²) < 4.78 is 10.2. The molecular weight excluding hydrogens is 310 g/mol. The number of carbonyl (C=O) groups excluding carboxylic acids is 2. The SMILES string of the molecule is CCOC(=O)c1ccc(C=[N+]([O-])c2ccc(C(=O)OC)cc2)cc1. The summed E-state index contributed by atoms with van der Waals surface area (Å²) >= 11 is 0. The monoisotopic (exact) mass is 327 g/mol. The normalized spacial score (nSPS) is 11.0. The van der Waals surface area contributed by atoms with E-state index in [9.17, 15) is 14.8 Å². The fraction of sp³-hybridized carbons (Fsp3) is 0.167. The van der Waals surface area contributed by atoms with E-state index in [0.29, 0.717) is 33.7 Å². The van der Waals surface area contributed by atoms with Crippen molar-refractivity contribution in [3.63, 3.8) is 0 Å². The van der Waals surface area contributed by atoms with Crippen LogP contribution in [0.2, 0.25) is 0 Å². The lowest BCUT2D eigenvalue weighted by molar-refractivity contribution is -0.354. The highest BCUT2D eigenvalue weighted by Gasteiger charge is 2.09. The summed E-state index contributed by atoms with van der Waals surface area (Å²) in [7, 11) is 1.30. The largest absolute Gasteiger partial charge is 0.618 e. The van der Waals surface area contributed by atoms with Crippen LogP contribution in [0.4, 0.5) is 5.69 Å². The van der Waals surface area contributed by atoms with Gasteiger partial charge >= 0.3 is 11.9 Å². The van der Waals surface area contributed by atoms with Crippen molar-refractivity contribution in [2.75, 3.05) is 13.7 Å². The molecule has 0 atom stereocenters. The standard InChI is InChI=1S/C18H17NO5/c1-3-24-18(21)15-6-4-13(5-7-15)12-19(22)16-10-8-14(9-11-16)17(20)23-2/h4-12H,3H2,1-2H3. The van der Waals surface area contributed by atoms with Gasteiger partial charge in [0.05, 0.1) is 24.8 Å². The van der Waals surface area contributed by atoms with E-state index < -0.39 is 11.9 Å². The Morgan fingerprint density at radius 1 is 1.00 bits per heavy atom. The van der Waals surface area contributed by atoms with Crippen molar-refractivity contribution < 1.29 is 23.8 Å². The molecule has 24 heavy (non-hydrogen) atoms. The van der Waals surface area contributed by atoms with E-state index in [1.165, 1.54) is 37.6 Å². The van der Waals surface area contributed by atoms with Crippen LogP contribution in [0.1, 0.15) is 33.2 Å². The van der Waals surface area contributed by atoms with Gasteiger partial charge in [-0.15, -0.1) is 0 Å². The number of hydrogen-bond donors (Lipinski definition) is 0. The molecule has 0 aliphatic rings. The Morgan fingerprint density at radius 3 is 2.08 bits per heavy atom. The number of rotatable bonds is 5. The summed E-state index contributed by atoms with van der Waals surface area (Å²) in [6.45, 7) is 2.05. The van der Waals surface area contributed by atoms with Crippen LogP contribution in [0.25, 0.3) is 0 Å². The number of ether oxygens (including phenoxy) is 2. The quantitative estimate of drug-likeness (QED) is 0.277. The van der Waals surface area contributed by atoms with E-state index in [4.69, 9.17) is 4.74 Å². The van der Waals surface area contributed by atoms with Crippen molar-refractivity contribution in [2.45, 2.75) is 6.92 Å². The van der Waals surface area contributed by atoms with Gasteiger partial charge in [0.2, 0.25) is 5.69 Å². The molecule has 6 nitrogen and oxygen atoms in total. The van der Waals surface area contributed by atoms with Gasteiger partial charge < -0.3 is 14.7 Å². The molecule has 0 fully saturated rings. The zero-order valence-electron chi connectivity index (χ0n) is 13.4.